The molecule has 2 aromatic rings. The summed E-state index contributed by atoms with van der Waals surface area (Å²) in [6, 6.07) is 10.8. The summed E-state index contributed by atoms with van der Waals surface area (Å²) in [6.45, 7) is 1.44. The zero-order chi connectivity index (χ0) is 18.4. The molecule has 0 aliphatic heterocycles. The largest absolute Gasteiger partial charge is 0.494 e. The molecule has 2 rings (SSSR count). The third-order valence-corrected chi connectivity index (χ3v) is 3.61. The minimum absolute atomic E-state index is 0.0567. The fourth-order valence-electron chi connectivity index (χ4n) is 2.44. The predicted molar refractivity (Wildman–Crippen MR) is 95.0 cm³/mol. The summed E-state index contributed by atoms with van der Waals surface area (Å²) in [5.74, 6) is 0.543. The number of anilines is 1. The molecule has 0 radical (unpaired) electrons. The number of hydrogen-bond donors (Lipinski definition) is 2. The Hall–Kier alpha value is -3.29. The van der Waals surface area contributed by atoms with Gasteiger partial charge in [-0.25, -0.2) is 0 Å². The topological polar surface area (TPSA) is 119 Å². The zero-order valence-corrected chi connectivity index (χ0v) is 14.2. The number of rotatable bonds is 6. The van der Waals surface area contributed by atoms with Gasteiger partial charge in [-0.1, -0.05) is 12.1 Å². The molecule has 7 nitrogen and oxygen atoms in total. The molecule has 7 heteroatoms. The van der Waals surface area contributed by atoms with E-state index in [0.717, 1.165) is 13.0 Å². The predicted octanol–water partition coefficient (Wildman–Crippen LogP) is 1.70. The van der Waals surface area contributed by atoms with Gasteiger partial charge in [0.05, 0.1) is 6.61 Å². The van der Waals surface area contributed by atoms with Crippen LogP contribution in [-0.4, -0.2) is 37.1 Å². The SMILES string of the molecule is CN(C)CCCOc1cccc(-c2c(C#N)c(N)[nH]c(=O)c2C#N)c1. The van der Waals surface area contributed by atoms with Crippen LogP contribution < -0.4 is 16.0 Å². The fraction of sp³-hybridized carbons (Fsp3) is 0.278. The molecule has 1 aromatic heterocycles. The van der Waals surface area contributed by atoms with Gasteiger partial charge in [-0.05, 0) is 38.2 Å². The average molecular weight is 337 g/mol. The minimum Gasteiger partial charge on any atom is -0.494 e. The number of aromatic nitrogens is 1. The normalized spacial score (nSPS) is 10.3. The molecule has 0 aliphatic rings. The monoisotopic (exact) mass is 337 g/mol. The van der Waals surface area contributed by atoms with Gasteiger partial charge in [-0.2, -0.15) is 10.5 Å². The highest BCUT2D eigenvalue weighted by Gasteiger charge is 2.18. The number of nitrogens with one attached hydrogen (secondary N) is 1. The van der Waals surface area contributed by atoms with Crippen LogP contribution in [-0.2, 0) is 0 Å². The van der Waals surface area contributed by atoms with Crippen molar-refractivity contribution in [1.82, 2.24) is 9.88 Å². The van der Waals surface area contributed by atoms with E-state index in [1.54, 1.807) is 24.3 Å². The lowest BCUT2D eigenvalue weighted by atomic mass is 9.96. The van der Waals surface area contributed by atoms with Crippen molar-refractivity contribution >= 4 is 5.82 Å². The first kappa shape index (κ1) is 18.1. The van der Waals surface area contributed by atoms with Crippen LogP contribution in [0.4, 0.5) is 5.82 Å². The number of H-pyrrole nitrogens is 1. The number of nitrogens with zero attached hydrogens (tertiary/aromatic N) is 3. The standard InChI is InChI=1S/C18H19N5O2/c1-23(2)7-4-8-25-13-6-3-5-12(9-13)16-14(10-19)17(21)22-18(24)15(16)11-20/h3,5-6,9H,4,7-8H2,1-2H3,(H3,21,22,24). The molecule has 128 valence electrons. The molecule has 3 N–H and O–H groups in total. The maximum atomic E-state index is 12.0. The number of nitriles is 2. The third kappa shape index (κ3) is 4.17. The molecule has 0 unspecified atom stereocenters. The molecule has 0 atom stereocenters. The Balaban J connectivity index is 2.40. The maximum Gasteiger partial charge on any atom is 0.268 e. The van der Waals surface area contributed by atoms with Crippen molar-refractivity contribution in [3.8, 4) is 29.0 Å². The lowest BCUT2D eigenvalue weighted by Gasteiger charge is -2.12. The van der Waals surface area contributed by atoms with E-state index in [2.05, 4.69) is 9.88 Å². The van der Waals surface area contributed by atoms with E-state index >= 15 is 0 Å². The minimum atomic E-state index is -0.619. The molecule has 0 aliphatic carbocycles. The second kappa shape index (κ2) is 8.00. The van der Waals surface area contributed by atoms with Gasteiger partial charge >= 0.3 is 0 Å². The number of nitrogens with two attached hydrogens (primary N) is 1. The zero-order valence-electron chi connectivity index (χ0n) is 14.2. The second-order valence-corrected chi connectivity index (χ2v) is 5.75. The second-order valence-electron chi connectivity index (χ2n) is 5.75. The summed E-state index contributed by atoms with van der Waals surface area (Å²) >= 11 is 0. The highest BCUT2D eigenvalue weighted by molar-refractivity contribution is 5.80. The van der Waals surface area contributed by atoms with Gasteiger partial charge in [0.2, 0.25) is 0 Å². The highest BCUT2D eigenvalue weighted by atomic mass is 16.5. The molecule has 0 spiro atoms. The molecule has 0 saturated heterocycles. The van der Waals surface area contributed by atoms with Gasteiger partial charge in [0, 0.05) is 12.1 Å². The van der Waals surface area contributed by atoms with Crippen LogP contribution in [0, 0.1) is 22.7 Å². The number of nitrogen functional groups attached to an aromatic ring is 1. The molecule has 0 bridgehead atoms. The summed E-state index contributed by atoms with van der Waals surface area (Å²) in [5, 5.41) is 18.7. The Morgan fingerprint density at radius 2 is 1.96 bits per heavy atom. The van der Waals surface area contributed by atoms with Crippen molar-refractivity contribution in [2.75, 3.05) is 33.0 Å². The smallest absolute Gasteiger partial charge is 0.268 e. The van der Waals surface area contributed by atoms with Crippen LogP contribution in [0.15, 0.2) is 29.1 Å². The lowest BCUT2D eigenvalue weighted by Crippen LogP contribution is -2.16. The Morgan fingerprint density at radius 3 is 2.60 bits per heavy atom. The summed E-state index contributed by atoms with van der Waals surface area (Å²) in [6.07, 6.45) is 0.863. The van der Waals surface area contributed by atoms with Gasteiger partial charge in [0.15, 0.2) is 0 Å². The van der Waals surface area contributed by atoms with Crippen molar-refractivity contribution in [3.63, 3.8) is 0 Å². The number of benzene rings is 1. The Kier molecular flexibility index (Phi) is 5.78. The van der Waals surface area contributed by atoms with Crippen molar-refractivity contribution in [2.45, 2.75) is 6.42 Å². The first-order chi connectivity index (χ1) is 12.0. The summed E-state index contributed by atoms with van der Waals surface area (Å²) in [4.78, 5) is 16.4. The number of hydrogen-bond acceptors (Lipinski definition) is 6. The first-order valence-corrected chi connectivity index (χ1v) is 7.71. The van der Waals surface area contributed by atoms with Gasteiger partial charge in [-0.3, -0.25) is 4.79 Å². The van der Waals surface area contributed by atoms with Crippen molar-refractivity contribution in [2.24, 2.45) is 0 Å². The highest BCUT2D eigenvalue weighted by Crippen LogP contribution is 2.30. The Labute approximate surface area is 145 Å². The van der Waals surface area contributed by atoms with Crippen LogP contribution in [0.2, 0.25) is 0 Å². The maximum absolute atomic E-state index is 12.0. The van der Waals surface area contributed by atoms with E-state index in [0.29, 0.717) is 17.9 Å². The van der Waals surface area contributed by atoms with Gasteiger partial charge in [0.1, 0.15) is 34.8 Å². The van der Waals surface area contributed by atoms with E-state index in [1.165, 1.54) is 0 Å². The van der Waals surface area contributed by atoms with E-state index in [1.807, 2.05) is 26.2 Å². The number of ether oxygens (including phenoxy) is 1. The van der Waals surface area contributed by atoms with Crippen molar-refractivity contribution < 1.29 is 4.74 Å². The van der Waals surface area contributed by atoms with Crippen LogP contribution >= 0.6 is 0 Å². The van der Waals surface area contributed by atoms with E-state index < -0.39 is 5.56 Å². The van der Waals surface area contributed by atoms with Crippen molar-refractivity contribution in [1.29, 1.82) is 10.5 Å². The van der Waals surface area contributed by atoms with Gasteiger partial charge < -0.3 is 20.4 Å². The quantitative estimate of drug-likeness (QED) is 0.774. The Bertz CT molecular complexity index is 903. The van der Waals surface area contributed by atoms with Gasteiger partial charge in [-0.15, -0.1) is 0 Å². The molecular formula is C18H19N5O2. The average Bonchev–Trinajstić information content (AvgIpc) is 2.58. The molecular weight excluding hydrogens is 318 g/mol. The lowest BCUT2D eigenvalue weighted by molar-refractivity contribution is 0.281. The Morgan fingerprint density at radius 1 is 1.24 bits per heavy atom. The molecule has 1 aromatic carbocycles. The molecule has 0 saturated carbocycles. The van der Waals surface area contributed by atoms with E-state index in [4.69, 9.17) is 10.5 Å². The fourth-order valence-corrected chi connectivity index (χ4v) is 2.44. The number of pyridine rings is 1. The van der Waals surface area contributed by atoms with Crippen LogP contribution in [0.5, 0.6) is 5.75 Å². The van der Waals surface area contributed by atoms with E-state index in [9.17, 15) is 15.3 Å². The summed E-state index contributed by atoms with van der Waals surface area (Å²) in [7, 11) is 3.98. The third-order valence-electron chi connectivity index (χ3n) is 3.61. The van der Waals surface area contributed by atoms with Crippen LogP contribution in [0.3, 0.4) is 0 Å². The first-order valence-electron chi connectivity index (χ1n) is 7.71. The van der Waals surface area contributed by atoms with Crippen molar-refractivity contribution in [3.05, 3.63) is 45.7 Å². The summed E-state index contributed by atoms with van der Waals surface area (Å²) in [5.41, 5.74) is 5.81. The van der Waals surface area contributed by atoms with Crippen LogP contribution in [0.1, 0.15) is 17.5 Å². The van der Waals surface area contributed by atoms with E-state index in [-0.39, 0.29) is 22.5 Å². The molecule has 25 heavy (non-hydrogen) atoms. The van der Waals surface area contributed by atoms with Crippen LogP contribution in [0.25, 0.3) is 11.1 Å². The number of aromatic amines is 1. The molecule has 0 amide bonds. The summed E-state index contributed by atoms with van der Waals surface area (Å²) < 4.78 is 5.72. The molecule has 1 heterocycles. The van der Waals surface area contributed by atoms with Gasteiger partial charge in [0.25, 0.3) is 5.56 Å². The molecule has 0 fully saturated rings.